The van der Waals surface area contributed by atoms with Crippen molar-refractivity contribution in [3.05, 3.63) is 69.4 Å². The van der Waals surface area contributed by atoms with Crippen molar-refractivity contribution in [2.45, 2.75) is 32.9 Å². The van der Waals surface area contributed by atoms with Gasteiger partial charge in [-0.05, 0) is 55.5 Å². The van der Waals surface area contributed by atoms with Gasteiger partial charge in [0.2, 0.25) is 5.91 Å². The molecule has 0 bridgehead atoms. The summed E-state index contributed by atoms with van der Waals surface area (Å²) in [5, 5.41) is 10.9. The molecule has 0 spiro atoms. The quantitative estimate of drug-likeness (QED) is 0.412. The Labute approximate surface area is 195 Å². The van der Waals surface area contributed by atoms with Gasteiger partial charge in [0.05, 0.1) is 4.88 Å². The fraction of sp³-hybridized carbons (Fsp3) is 0.227. The van der Waals surface area contributed by atoms with E-state index in [0.29, 0.717) is 33.2 Å². The van der Waals surface area contributed by atoms with E-state index in [1.165, 1.54) is 11.3 Å². The number of fused-ring (bicyclic) bond motifs is 1. The average Bonchev–Trinajstić information content (AvgIpc) is 3.44. The molecule has 3 heterocycles. The number of amides is 2. The molecule has 0 fully saturated rings. The average molecular weight is 488 g/mol. The van der Waals surface area contributed by atoms with Crippen molar-refractivity contribution in [2.75, 3.05) is 10.6 Å². The maximum Gasteiger partial charge on any atom is 0.453 e. The number of anilines is 2. The zero-order valence-electron chi connectivity index (χ0n) is 18.1. The Balaban J connectivity index is 1.43. The summed E-state index contributed by atoms with van der Waals surface area (Å²) in [6.45, 7) is 3.27. The van der Waals surface area contributed by atoms with E-state index in [0.717, 1.165) is 4.52 Å². The predicted octanol–water partition coefficient (Wildman–Crippen LogP) is 4.65. The predicted molar refractivity (Wildman–Crippen MR) is 121 cm³/mol. The zero-order valence-corrected chi connectivity index (χ0v) is 18.9. The van der Waals surface area contributed by atoms with Crippen LogP contribution in [0.4, 0.5) is 24.5 Å². The molecule has 0 radical (unpaired) electrons. The highest BCUT2D eigenvalue weighted by Gasteiger charge is 2.37. The van der Waals surface area contributed by atoms with Gasteiger partial charge in [0.25, 0.3) is 17.5 Å². The first-order valence-corrected chi connectivity index (χ1v) is 11.0. The molecule has 4 rings (SSSR count). The van der Waals surface area contributed by atoms with Crippen LogP contribution in [-0.2, 0) is 17.4 Å². The van der Waals surface area contributed by atoms with E-state index < -0.39 is 12.0 Å². The number of nitrogens with zero attached hydrogens (tertiary/aromatic N) is 4. The molecule has 2 N–H and O–H groups in total. The van der Waals surface area contributed by atoms with Crippen LogP contribution in [0.5, 0.6) is 0 Å². The number of hydrogen-bond acceptors (Lipinski definition) is 6. The molecule has 8 nitrogen and oxygen atoms in total. The lowest BCUT2D eigenvalue weighted by Gasteiger charge is -2.11. The Morgan fingerprint density at radius 3 is 2.47 bits per heavy atom. The first-order chi connectivity index (χ1) is 16.1. The van der Waals surface area contributed by atoms with Crippen LogP contribution >= 0.6 is 11.3 Å². The first kappa shape index (κ1) is 23.4. The van der Waals surface area contributed by atoms with Gasteiger partial charge in [0.15, 0.2) is 0 Å². The third-order valence-electron chi connectivity index (χ3n) is 5.05. The van der Waals surface area contributed by atoms with Gasteiger partial charge in [-0.2, -0.15) is 18.2 Å². The molecule has 1 aromatic carbocycles. The SMILES string of the molecule is Cc1nc2nc(C(F)(F)F)nn2c(C)c1CCC(=O)Nc1cccc(NC(=O)c2cccs2)c1. The van der Waals surface area contributed by atoms with Gasteiger partial charge >= 0.3 is 6.18 Å². The molecular formula is C22H19F3N6O2S. The van der Waals surface area contributed by atoms with Gasteiger partial charge in [0, 0.05) is 29.2 Å². The molecule has 12 heteroatoms. The number of hydrogen-bond donors (Lipinski definition) is 2. The number of aryl methyl sites for hydroxylation is 2. The Kier molecular flexibility index (Phi) is 6.33. The van der Waals surface area contributed by atoms with Gasteiger partial charge in [-0.1, -0.05) is 12.1 Å². The second-order valence-electron chi connectivity index (χ2n) is 7.47. The van der Waals surface area contributed by atoms with E-state index in [2.05, 4.69) is 25.7 Å². The summed E-state index contributed by atoms with van der Waals surface area (Å²) >= 11 is 1.32. The molecule has 176 valence electrons. The second kappa shape index (κ2) is 9.21. The molecule has 34 heavy (non-hydrogen) atoms. The number of carbonyl (C=O) groups excluding carboxylic acids is 2. The van der Waals surface area contributed by atoms with Crippen molar-refractivity contribution in [3.8, 4) is 0 Å². The van der Waals surface area contributed by atoms with E-state index in [4.69, 9.17) is 0 Å². The van der Waals surface area contributed by atoms with Crippen LogP contribution in [0.3, 0.4) is 0 Å². The van der Waals surface area contributed by atoms with Gasteiger partial charge in [0.1, 0.15) is 0 Å². The lowest BCUT2D eigenvalue weighted by Crippen LogP contribution is -2.15. The first-order valence-electron chi connectivity index (χ1n) is 10.2. The van der Waals surface area contributed by atoms with Crippen LogP contribution in [0.25, 0.3) is 5.78 Å². The Bertz CT molecular complexity index is 1370. The summed E-state index contributed by atoms with van der Waals surface area (Å²) in [5.41, 5.74) is 2.58. The molecule has 0 unspecified atom stereocenters. The molecule has 0 saturated carbocycles. The third-order valence-corrected chi connectivity index (χ3v) is 5.92. The van der Waals surface area contributed by atoms with Gasteiger partial charge < -0.3 is 10.6 Å². The minimum absolute atomic E-state index is 0.0709. The van der Waals surface area contributed by atoms with Crippen LogP contribution < -0.4 is 10.6 Å². The second-order valence-corrected chi connectivity index (χ2v) is 8.41. The lowest BCUT2D eigenvalue weighted by atomic mass is 10.1. The van der Waals surface area contributed by atoms with Crippen LogP contribution in [0.15, 0.2) is 41.8 Å². The monoisotopic (exact) mass is 488 g/mol. The topological polar surface area (TPSA) is 101 Å². The number of rotatable bonds is 6. The van der Waals surface area contributed by atoms with Crippen LogP contribution in [0.1, 0.15) is 38.9 Å². The van der Waals surface area contributed by atoms with Crippen molar-refractivity contribution in [3.63, 3.8) is 0 Å². The molecule has 0 atom stereocenters. The molecule has 0 saturated heterocycles. The molecule has 4 aromatic rings. The Morgan fingerprint density at radius 2 is 1.79 bits per heavy atom. The zero-order chi connectivity index (χ0) is 24.5. The molecule has 2 amide bonds. The normalized spacial score (nSPS) is 11.6. The Hall–Kier alpha value is -3.80. The fourth-order valence-corrected chi connectivity index (χ4v) is 4.05. The minimum atomic E-state index is -4.67. The summed E-state index contributed by atoms with van der Waals surface area (Å²) in [6, 6.07) is 10.2. The molecule has 3 aromatic heterocycles. The number of aromatic nitrogens is 4. The molecule has 0 aliphatic rings. The summed E-state index contributed by atoms with van der Waals surface area (Å²) in [6.07, 6.45) is -4.35. The van der Waals surface area contributed by atoms with Crippen molar-refractivity contribution in [1.82, 2.24) is 19.6 Å². The largest absolute Gasteiger partial charge is 0.453 e. The number of benzene rings is 1. The van der Waals surface area contributed by atoms with E-state index in [9.17, 15) is 22.8 Å². The van der Waals surface area contributed by atoms with Crippen LogP contribution in [-0.4, -0.2) is 31.4 Å². The standard InChI is InChI=1S/C22H19F3N6O2S/c1-12-16(13(2)31-21(26-12)29-20(30-31)22(23,24)25)8-9-18(32)27-14-5-3-6-15(11-14)28-19(33)17-7-4-10-34-17/h3-7,10-11H,8-9H2,1-2H3,(H,27,32)(H,28,33). The highest BCUT2D eigenvalue weighted by atomic mass is 32.1. The minimum Gasteiger partial charge on any atom is -0.326 e. The maximum absolute atomic E-state index is 12.9. The molecule has 0 aliphatic carbocycles. The summed E-state index contributed by atoms with van der Waals surface area (Å²) in [7, 11) is 0. The highest BCUT2D eigenvalue weighted by Crippen LogP contribution is 2.27. The van der Waals surface area contributed by atoms with E-state index in [-0.39, 0.29) is 30.4 Å². The smallest absolute Gasteiger partial charge is 0.326 e. The van der Waals surface area contributed by atoms with Gasteiger partial charge in [-0.25, -0.2) is 9.50 Å². The summed E-state index contributed by atoms with van der Waals surface area (Å²) < 4.78 is 39.9. The van der Waals surface area contributed by atoms with Gasteiger partial charge in [-0.3, -0.25) is 9.59 Å². The number of nitrogens with one attached hydrogen (secondary N) is 2. The lowest BCUT2D eigenvalue weighted by molar-refractivity contribution is -0.144. The van der Waals surface area contributed by atoms with Crippen molar-refractivity contribution >= 4 is 40.3 Å². The van der Waals surface area contributed by atoms with Crippen LogP contribution in [0, 0.1) is 13.8 Å². The van der Waals surface area contributed by atoms with Crippen LogP contribution in [0.2, 0.25) is 0 Å². The number of alkyl halides is 3. The van der Waals surface area contributed by atoms with E-state index in [1.807, 2.05) is 0 Å². The van der Waals surface area contributed by atoms with E-state index in [1.54, 1.807) is 55.6 Å². The number of carbonyl (C=O) groups is 2. The highest BCUT2D eigenvalue weighted by molar-refractivity contribution is 7.12. The van der Waals surface area contributed by atoms with Gasteiger partial charge in [-0.15, -0.1) is 16.4 Å². The molecular weight excluding hydrogens is 469 g/mol. The van der Waals surface area contributed by atoms with Crippen molar-refractivity contribution < 1.29 is 22.8 Å². The summed E-state index contributed by atoms with van der Waals surface area (Å²) in [5.74, 6) is -1.94. The summed E-state index contributed by atoms with van der Waals surface area (Å²) in [4.78, 5) is 32.9. The fourth-order valence-electron chi connectivity index (χ4n) is 3.43. The third kappa shape index (κ3) is 5.06. The molecule has 0 aliphatic heterocycles. The maximum atomic E-state index is 12.9. The van der Waals surface area contributed by atoms with E-state index >= 15 is 0 Å². The number of halogens is 3. The number of thiophene rings is 1. The Morgan fingerprint density at radius 1 is 1.06 bits per heavy atom. The van der Waals surface area contributed by atoms with Crippen molar-refractivity contribution in [2.24, 2.45) is 0 Å². The van der Waals surface area contributed by atoms with Crippen molar-refractivity contribution in [1.29, 1.82) is 0 Å².